The number of carbonyl (C=O) groups excluding carboxylic acids is 1. The fourth-order valence-electron chi connectivity index (χ4n) is 3.75. The number of hydrogen-bond acceptors (Lipinski definition) is 7. The normalized spacial score (nSPS) is 14.3. The van der Waals surface area contributed by atoms with Gasteiger partial charge in [0.15, 0.2) is 9.84 Å². The van der Waals surface area contributed by atoms with Gasteiger partial charge in [0.05, 0.1) is 10.3 Å². The summed E-state index contributed by atoms with van der Waals surface area (Å²) in [6, 6.07) is 14.7. The van der Waals surface area contributed by atoms with Crippen molar-refractivity contribution in [1.82, 2.24) is 15.2 Å². The van der Waals surface area contributed by atoms with Crippen molar-refractivity contribution in [3.05, 3.63) is 70.9 Å². The molecule has 7 nitrogen and oxygen atoms in total. The third kappa shape index (κ3) is 4.21. The highest BCUT2D eigenvalue weighted by Gasteiger charge is 2.33. The van der Waals surface area contributed by atoms with E-state index >= 15 is 0 Å². The summed E-state index contributed by atoms with van der Waals surface area (Å²) in [4.78, 5) is 17.5. The van der Waals surface area contributed by atoms with Crippen molar-refractivity contribution < 1.29 is 13.2 Å². The van der Waals surface area contributed by atoms with E-state index < -0.39 is 14.6 Å². The largest absolute Gasteiger partial charge is 0.296 e. The van der Waals surface area contributed by atoms with Crippen LogP contribution >= 0.6 is 11.3 Å². The number of hydrogen-bond donors (Lipinski definition) is 1. The van der Waals surface area contributed by atoms with Crippen LogP contribution in [-0.2, 0) is 14.6 Å². The molecule has 4 aromatic rings. The molecule has 1 amide bonds. The number of pyridine rings is 1. The number of nitrogens with one attached hydrogen (secondary N) is 1. The minimum atomic E-state index is -3.38. The first-order chi connectivity index (χ1) is 16.1. The fraction of sp³-hybridized carbons (Fsp3) is 0.280. The molecule has 1 N–H and O–H groups in total. The van der Waals surface area contributed by atoms with Gasteiger partial charge >= 0.3 is 0 Å². The van der Waals surface area contributed by atoms with Crippen molar-refractivity contribution in [1.29, 1.82) is 0 Å². The monoisotopic (exact) mass is 492 g/mol. The molecular weight excluding hydrogens is 468 g/mol. The van der Waals surface area contributed by atoms with Crippen LogP contribution in [0.15, 0.2) is 54.7 Å². The van der Waals surface area contributed by atoms with Gasteiger partial charge in [0.1, 0.15) is 5.01 Å². The van der Waals surface area contributed by atoms with E-state index in [1.807, 2.05) is 36.4 Å². The minimum Gasteiger partial charge on any atom is -0.296 e. The molecule has 34 heavy (non-hydrogen) atoms. The fourth-order valence-corrected chi connectivity index (χ4v) is 5.21. The quantitative estimate of drug-likeness (QED) is 0.399. The number of anilines is 1. The predicted molar refractivity (Wildman–Crippen MR) is 135 cm³/mol. The van der Waals surface area contributed by atoms with Crippen LogP contribution in [-0.4, -0.2) is 35.8 Å². The van der Waals surface area contributed by atoms with Gasteiger partial charge in [-0.1, -0.05) is 29.5 Å². The molecule has 9 heteroatoms. The SMILES string of the molecule is CC(C)(c1cc(-c2cccc(C(=O)Nc3nnc(C4CC4)s3)c2)c2ncccc2c1)S(C)(=O)=O. The van der Waals surface area contributed by atoms with Crippen molar-refractivity contribution in [3.8, 4) is 11.1 Å². The van der Waals surface area contributed by atoms with E-state index in [0.717, 1.165) is 39.9 Å². The maximum absolute atomic E-state index is 12.9. The maximum atomic E-state index is 12.9. The second kappa shape index (κ2) is 8.25. The molecule has 0 saturated heterocycles. The Balaban J connectivity index is 1.54. The van der Waals surface area contributed by atoms with Crippen LogP contribution in [0.5, 0.6) is 0 Å². The van der Waals surface area contributed by atoms with Crippen molar-refractivity contribution >= 4 is 43.1 Å². The minimum absolute atomic E-state index is 0.273. The molecular formula is C25H24N4O3S2. The number of fused-ring (bicyclic) bond motifs is 1. The van der Waals surface area contributed by atoms with E-state index in [2.05, 4.69) is 20.5 Å². The third-order valence-corrected chi connectivity index (χ3v) is 9.44. The van der Waals surface area contributed by atoms with Crippen LogP contribution in [0.25, 0.3) is 22.0 Å². The lowest BCUT2D eigenvalue weighted by molar-refractivity contribution is 0.102. The molecule has 2 aromatic carbocycles. The van der Waals surface area contributed by atoms with E-state index in [9.17, 15) is 13.2 Å². The Labute approximate surface area is 202 Å². The zero-order valence-electron chi connectivity index (χ0n) is 19.1. The maximum Gasteiger partial charge on any atom is 0.257 e. The van der Waals surface area contributed by atoms with Gasteiger partial charge in [-0.05, 0) is 68.1 Å². The summed E-state index contributed by atoms with van der Waals surface area (Å²) in [5, 5.41) is 13.4. The van der Waals surface area contributed by atoms with E-state index in [0.29, 0.717) is 22.2 Å². The summed E-state index contributed by atoms with van der Waals surface area (Å²) >= 11 is 1.41. The van der Waals surface area contributed by atoms with Crippen LogP contribution in [0.2, 0.25) is 0 Å². The molecule has 0 radical (unpaired) electrons. The number of carbonyl (C=O) groups is 1. The average molecular weight is 493 g/mol. The Kier molecular flexibility index (Phi) is 5.49. The third-order valence-electron chi connectivity index (χ3n) is 6.35. The van der Waals surface area contributed by atoms with Crippen LogP contribution < -0.4 is 5.32 Å². The first kappa shape index (κ1) is 22.6. The van der Waals surface area contributed by atoms with Gasteiger partial charge in [-0.2, -0.15) is 0 Å². The van der Waals surface area contributed by atoms with E-state index in [1.54, 1.807) is 32.2 Å². The van der Waals surface area contributed by atoms with Crippen molar-refractivity contribution in [2.45, 2.75) is 37.4 Å². The summed E-state index contributed by atoms with van der Waals surface area (Å²) < 4.78 is 24.0. The lowest BCUT2D eigenvalue weighted by Gasteiger charge is -2.24. The van der Waals surface area contributed by atoms with Gasteiger partial charge in [0.25, 0.3) is 5.91 Å². The van der Waals surface area contributed by atoms with Gasteiger partial charge < -0.3 is 0 Å². The Bertz CT molecular complexity index is 1520. The van der Waals surface area contributed by atoms with E-state index in [-0.39, 0.29) is 5.91 Å². The van der Waals surface area contributed by atoms with Gasteiger partial charge in [0, 0.05) is 34.9 Å². The molecule has 0 unspecified atom stereocenters. The number of sulfone groups is 1. The van der Waals surface area contributed by atoms with Gasteiger partial charge in [-0.25, -0.2) is 8.42 Å². The van der Waals surface area contributed by atoms with Crippen molar-refractivity contribution in [2.75, 3.05) is 11.6 Å². The molecule has 1 aliphatic carbocycles. The Morgan fingerprint density at radius 1 is 1.09 bits per heavy atom. The summed E-state index contributed by atoms with van der Waals surface area (Å²) in [6.07, 6.45) is 5.20. The standard InChI is InChI=1S/C25H24N4O3S2/c1-25(2,34(3,31)32)19-13-17-8-5-11-26-21(17)20(14-19)16-6-4-7-18(12-16)22(30)27-24-29-28-23(33-24)15-9-10-15/h4-8,11-15H,9-10H2,1-3H3,(H,27,29,30). The highest BCUT2D eigenvalue weighted by Crippen LogP contribution is 2.42. The number of nitrogens with zero attached hydrogens (tertiary/aromatic N) is 3. The lowest BCUT2D eigenvalue weighted by atomic mass is 9.93. The molecule has 0 bridgehead atoms. The first-order valence-electron chi connectivity index (χ1n) is 11.0. The Hall–Kier alpha value is -3.17. The van der Waals surface area contributed by atoms with Crippen LogP contribution in [0.3, 0.4) is 0 Å². The zero-order valence-corrected chi connectivity index (χ0v) is 20.7. The first-order valence-corrected chi connectivity index (χ1v) is 13.7. The molecule has 1 fully saturated rings. The molecule has 1 saturated carbocycles. The number of rotatable bonds is 6. The highest BCUT2D eigenvalue weighted by atomic mass is 32.2. The number of benzene rings is 2. The molecule has 5 rings (SSSR count). The summed E-state index contributed by atoms with van der Waals surface area (Å²) in [6.45, 7) is 3.40. The Morgan fingerprint density at radius 3 is 2.62 bits per heavy atom. The average Bonchev–Trinajstić information content (AvgIpc) is 3.56. The molecule has 0 aliphatic heterocycles. The molecule has 0 atom stereocenters. The van der Waals surface area contributed by atoms with E-state index in [4.69, 9.17) is 0 Å². The van der Waals surface area contributed by atoms with Gasteiger partial charge in [0.2, 0.25) is 5.13 Å². The molecule has 0 spiro atoms. The topological polar surface area (TPSA) is 102 Å². The Morgan fingerprint density at radius 2 is 1.88 bits per heavy atom. The highest BCUT2D eigenvalue weighted by molar-refractivity contribution is 7.91. The molecule has 1 aliphatic rings. The second-order valence-electron chi connectivity index (χ2n) is 9.14. The second-order valence-corrected chi connectivity index (χ2v) is 12.7. The summed E-state index contributed by atoms with van der Waals surface area (Å²) in [5.74, 6) is 0.209. The lowest BCUT2D eigenvalue weighted by Crippen LogP contribution is -2.28. The van der Waals surface area contributed by atoms with Crippen molar-refractivity contribution in [3.63, 3.8) is 0 Å². The number of aromatic nitrogens is 3. The van der Waals surface area contributed by atoms with Crippen molar-refractivity contribution in [2.24, 2.45) is 0 Å². The van der Waals surface area contributed by atoms with Gasteiger partial charge in [-0.3, -0.25) is 15.1 Å². The van der Waals surface area contributed by atoms with Gasteiger partial charge in [-0.15, -0.1) is 10.2 Å². The predicted octanol–water partition coefficient (Wildman–Crippen LogP) is 5.16. The molecule has 2 heterocycles. The van der Waals surface area contributed by atoms with E-state index in [1.165, 1.54) is 17.6 Å². The number of amides is 1. The van der Waals surface area contributed by atoms with Crippen LogP contribution in [0.4, 0.5) is 5.13 Å². The van der Waals surface area contributed by atoms with Crippen LogP contribution in [0, 0.1) is 0 Å². The summed E-state index contributed by atoms with van der Waals surface area (Å²) in [7, 11) is -3.38. The zero-order chi connectivity index (χ0) is 24.1. The molecule has 174 valence electrons. The summed E-state index contributed by atoms with van der Waals surface area (Å²) in [5.41, 5.74) is 3.43. The van der Waals surface area contributed by atoms with Crippen LogP contribution in [0.1, 0.15) is 53.5 Å². The smallest absolute Gasteiger partial charge is 0.257 e. The molecule has 2 aromatic heterocycles.